The molecule has 0 aliphatic rings. The van der Waals surface area contributed by atoms with E-state index in [2.05, 4.69) is 25.7 Å². The van der Waals surface area contributed by atoms with E-state index >= 15 is 0 Å². The van der Waals surface area contributed by atoms with Crippen molar-refractivity contribution in [2.75, 3.05) is 11.9 Å². The fraction of sp³-hybridized carbons (Fsp3) is 0.158. The van der Waals surface area contributed by atoms with Crippen molar-refractivity contribution in [1.29, 1.82) is 0 Å². The van der Waals surface area contributed by atoms with Gasteiger partial charge < -0.3 is 10.6 Å². The number of amides is 1. The summed E-state index contributed by atoms with van der Waals surface area (Å²) in [4.78, 5) is 21.3. The van der Waals surface area contributed by atoms with E-state index < -0.39 is 0 Å². The number of benzene rings is 1. The fourth-order valence-electron chi connectivity index (χ4n) is 2.76. The highest BCUT2D eigenvalue weighted by molar-refractivity contribution is 7.12. The Kier molecular flexibility index (Phi) is 5.24. The molecule has 9 heteroatoms. The molecule has 0 aliphatic heterocycles. The molecule has 142 valence electrons. The Morgan fingerprint density at radius 1 is 1.18 bits per heavy atom. The molecule has 3 aromatic heterocycles. The van der Waals surface area contributed by atoms with Crippen LogP contribution in [0, 0.1) is 5.82 Å². The topological polar surface area (TPSA) is 84.7 Å². The number of carbonyl (C=O) groups is 1. The first kappa shape index (κ1) is 18.1. The van der Waals surface area contributed by atoms with E-state index in [9.17, 15) is 9.18 Å². The van der Waals surface area contributed by atoms with Crippen LogP contribution < -0.4 is 10.6 Å². The molecule has 7 nitrogen and oxygen atoms in total. The number of fused-ring (bicyclic) bond motifs is 1. The van der Waals surface area contributed by atoms with Gasteiger partial charge in [0, 0.05) is 13.1 Å². The number of halogens is 1. The van der Waals surface area contributed by atoms with Gasteiger partial charge in [0.1, 0.15) is 18.0 Å². The first-order valence-corrected chi connectivity index (χ1v) is 9.55. The van der Waals surface area contributed by atoms with Crippen LogP contribution in [0.2, 0.25) is 0 Å². The molecule has 0 unspecified atom stereocenters. The van der Waals surface area contributed by atoms with Crippen LogP contribution in [0.1, 0.15) is 15.2 Å². The minimum Gasteiger partial charge on any atom is -0.365 e. The first-order valence-electron chi connectivity index (χ1n) is 8.67. The van der Waals surface area contributed by atoms with Gasteiger partial charge in [-0.05, 0) is 29.1 Å². The molecule has 4 rings (SSSR count). The van der Waals surface area contributed by atoms with Gasteiger partial charge in [-0.1, -0.05) is 18.2 Å². The van der Waals surface area contributed by atoms with Gasteiger partial charge in [0.2, 0.25) is 0 Å². The van der Waals surface area contributed by atoms with Crippen molar-refractivity contribution in [1.82, 2.24) is 25.1 Å². The van der Waals surface area contributed by atoms with Gasteiger partial charge >= 0.3 is 0 Å². The first-order chi connectivity index (χ1) is 13.7. The van der Waals surface area contributed by atoms with E-state index in [1.54, 1.807) is 29.1 Å². The third-order valence-corrected chi connectivity index (χ3v) is 5.03. The second-order valence-corrected chi connectivity index (χ2v) is 6.99. The second-order valence-electron chi connectivity index (χ2n) is 6.04. The van der Waals surface area contributed by atoms with E-state index in [-0.39, 0.29) is 11.7 Å². The molecule has 1 aromatic carbocycles. The number of nitrogens with one attached hydrogen (secondary N) is 2. The van der Waals surface area contributed by atoms with Crippen molar-refractivity contribution in [3.8, 4) is 0 Å². The summed E-state index contributed by atoms with van der Waals surface area (Å²) < 4.78 is 14.7. The molecule has 0 spiro atoms. The number of aromatic nitrogens is 4. The summed E-state index contributed by atoms with van der Waals surface area (Å²) in [7, 11) is 0. The zero-order chi connectivity index (χ0) is 19.3. The van der Waals surface area contributed by atoms with Crippen molar-refractivity contribution in [2.24, 2.45) is 0 Å². The number of carbonyl (C=O) groups excluding carboxylic acids is 1. The fourth-order valence-corrected chi connectivity index (χ4v) is 3.40. The number of nitrogens with zero attached hydrogens (tertiary/aromatic N) is 4. The van der Waals surface area contributed by atoms with Gasteiger partial charge in [0.05, 0.1) is 23.0 Å². The van der Waals surface area contributed by atoms with Crippen LogP contribution in [0.25, 0.3) is 11.0 Å². The minimum absolute atomic E-state index is 0.0947. The number of rotatable bonds is 7. The third-order valence-electron chi connectivity index (χ3n) is 4.16. The summed E-state index contributed by atoms with van der Waals surface area (Å²) in [6, 6.07) is 9.93. The lowest BCUT2D eigenvalue weighted by Gasteiger charge is -2.07. The average Bonchev–Trinajstić information content (AvgIpc) is 3.38. The third kappa shape index (κ3) is 3.99. The molecule has 1 amide bonds. The smallest absolute Gasteiger partial charge is 0.261 e. The van der Waals surface area contributed by atoms with Crippen molar-refractivity contribution in [2.45, 2.75) is 13.1 Å². The molecule has 4 aromatic rings. The van der Waals surface area contributed by atoms with Crippen molar-refractivity contribution < 1.29 is 9.18 Å². The predicted octanol–water partition coefficient (Wildman–Crippen LogP) is 3.07. The molecule has 0 aliphatic carbocycles. The highest BCUT2D eigenvalue weighted by Crippen LogP contribution is 2.19. The SMILES string of the molecule is O=C(NCCn1ncc2c(NCc3ccc(F)cc3)ncnc21)c1cccs1. The summed E-state index contributed by atoms with van der Waals surface area (Å²) in [5.41, 5.74) is 1.62. The van der Waals surface area contributed by atoms with Crippen molar-refractivity contribution in [3.63, 3.8) is 0 Å². The summed E-state index contributed by atoms with van der Waals surface area (Å²) >= 11 is 1.40. The van der Waals surface area contributed by atoms with Crippen LogP contribution >= 0.6 is 11.3 Å². The summed E-state index contributed by atoms with van der Waals surface area (Å²) in [5.74, 6) is 0.298. The number of thiophene rings is 1. The van der Waals surface area contributed by atoms with E-state index in [0.717, 1.165) is 10.9 Å². The lowest BCUT2D eigenvalue weighted by molar-refractivity contribution is 0.0956. The molecule has 2 N–H and O–H groups in total. The normalized spacial score (nSPS) is 10.9. The Morgan fingerprint density at radius 2 is 2.04 bits per heavy atom. The van der Waals surface area contributed by atoms with Crippen LogP contribution in [-0.2, 0) is 13.1 Å². The number of hydrogen-bond donors (Lipinski definition) is 2. The van der Waals surface area contributed by atoms with Crippen LogP contribution in [0.15, 0.2) is 54.3 Å². The van der Waals surface area contributed by atoms with Gasteiger partial charge in [0.15, 0.2) is 5.65 Å². The van der Waals surface area contributed by atoms with Crippen molar-refractivity contribution >= 4 is 34.1 Å². The molecule has 0 saturated heterocycles. The largest absolute Gasteiger partial charge is 0.365 e. The Labute approximate surface area is 164 Å². The maximum absolute atomic E-state index is 13.0. The van der Waals surface area contributed by atoms with E-state index in [0.29, 0.717) is 36.0 Å². The van der Waals surface area contributed by atoms with E-state index in [1.807, 2.05) is 11.4 Å². The maximum Gasteiger partial charge on any atom is 0.261 e. The number of anilines is 1. The summed E-state index contributed by atoms with van der Waals surface area (Å²) in [5, 5.41) is 13.1. The van der Waals surface area contributed by atoms with E-state index in [1.165, 1.54) is 29.8 Å². The summed E-state index contributed by atoms with van der Waals surface area (Å²) in [6.45, 7) is 1.44. The Balaban J connectivity index is 1.41. The van der Waals surface area contributed by atoms with Crippen LogP contribution in [-0.4, -0.2) is 32.2 Å². The summed E-state index contributed by atoms with van der Waals surface area (Å²) in [6.07, 6.45) is 3.17. The Hall–Kier alpha value is -3.33. The van der Waals surface area contributed by atoms with E-state index in [4.69, 9.17) is 0 Å². The Morgan fingerprint density at radius 3 is 2.82 bits per heavy atom. The van der Waals surface area contributed by atoms with Gasteiger partial charge in [-0.3, -0.25) is 4.79 Å². The van der Waals surface area contributed by atoms with Crippen molar-refractivity contribution in [3.05, 3.63) is 70.6 Å². The lowest BCUT2D eigenvalue weighted by atomic mass is 10.2. The minimum atomic E-state index is -0.263. The molecule has 0 atom stereocenters. The highest BCUT2D eigenvalue weighted by atomic mass is 32.1. The zero-order valence-electron chi connectivity index (χ0n) is 14.8. The van der Waals surface area contributed by atoms with Gasteiger partial charge in [-0.2, -0.15) is 5.10 Å². The van der Waals surface area contributed by atoms with Gasteiger partial charge in [0.25, 0.3) is 5.91 Å². The quantitative estimate of drug-likeness (QED) is 0.502. The molecular formula is C19H17FN6OS. The highest BCUT2D eigenvalue weighted by Gasteiger charge is 2.11. The molecule has 0 radical (unpaired) electrons. The molecule has 0 fully saturated rings. The monoisotopic (exact) mass is 396 g/mol. The average molecular weight is 396 g/mol. The van der Waals surface area contributed by atoms with Crippen LogP contribution in [0.3, 0.4) is 0 Å². The predicted molar refractivity (Wildman–Crippen MR) is 106 cm³/mol. The van der Waals surface area contributed by atoms with Crippen LogP contribution in [0.4, 0.5) is 10.2 Å². The number of hydrogen-bond acceptors (Lipinski definition) is 6. The second kappa shape index (κ2) is 8.13. The standard InChI is InChI=1S/C19H17FN6OS/c20-14-5-3-13(4-6-14)10-22-17-15-11-25-26(18(15)24-12-23-17)8-7-21-19(27)16-2-1-9-28-16/h1-6,9,11-12H,7-8,10H2,(H,21,27)(H,22,23,24). The van der Waals surface area contributed by atoms with Gasteiger partial charge in [-0.15, -0.1) is 11.3 Å². The molecular weight excluding hydrogens is 379 g/mol. The molecule has 0 saturated carbocycles. The molecule has 0 bridgehead atoms. The molecule has 28 heavy (non-hydrogen) atoms. The van der Waals surface area contributed by atoms with Gasteiger partial charge in [-0.25, -0.2) is 19.0 Å². The van der Waals surface area contributed by atoms with Crippen LogP contribution in [0.5, 0.6) is 0 Å². The lowest BCUT2D eigenvalue weighted by Crippen LogP contribution is -2.26. The molecule has 3 heterocycles. The Bertz CT molecular complexity index is 1080. The zero-order valence-corrected chi connectivity index (χ0v) is 15.6. The maximum atomic E-state index is 13.0.